The van der Waals surface area contributed by atoms with Crippen molar-refractivity contribution in [2.45, 2.75) is 20.0 Å². The van der Waals surface area contributed by atoms with Crippen LogP contribution in [0.5, 0.6) is 5.75 Å². The lowest BCUT2D eigenvalue weighted by molar-refractivity contribution is -0.136. The number of fused-ring (bicyclic) bond motifs is 2. The summed E-state index contributed by atoms with van der Waals surface area (Å²) in [5.74, 6) is -0.0527. The maximum atomic E-state index is 11.0. The van der Waals surface area contributed by atoms with Gasteiger partial charge in [-0.3, -0.25) is 4.79 Å². The minimum atomic E-state index is -0.819. The number of carbonyl (C=O) groups is 1. The topological polar surface area (TPSA) is 59.4 Å². The first kappa shape index (κ1) is 17.0. The number of rotatable bonds is 5. The average Bonchev–Trinajstić information content (AvgIpc) is 2.68. The monoisotopic (exact) mass is 357 g/mol. The summed E-state index contributed by atoms with van der Waals surface area (Å²) in [5, 5.41) is 12.2. The normalized spacial score (nSPS) is 11.0. The summed E-state index contributed by atoms with van der Waals surface area (Å²) < 4.78 is 5.93. The zero-order chi connectivity index (χ0) is 18.8. The van der Waals surface area contributed by atoms with Crippen LogP contribution >= 0.6 is 0 Å². The Morgan fingerprint density at radius 1 is 1.00 bits per heavy atom. The first-order valence-corrected chi connectivity index (χ1v) is 8.82. The fourth-order valence-corrected chi connectivity index (χ4v) is 3.30. The van der Waals surface area contributed by atoms with Crippen LogP contribution in [0.3, 0.4) is 0 Å². The Morgan fingerprint density at radius 2 is 1.81 bits per heavy atom. The molecule has 0 spiro atoms. The number of carboxylic acid groups (broad SMARTS) is 1. The molecule has 4 nitrogen and oxygen atoms in total. The standard InChI is InChI=1S/C23H19NO3/c1-15-17(13-23(25)26)6-7-18-12-20(10-11-21(15)18)27-14-19-9-8-16-4-2-3-5-22(16)24-19/h2-12H,13-14H2,1H3,(H,25,26). The number of carboxylic acids is 1. The summed E-state index contributed by atoms with van der Waals surface area (Å²) in [6, 6.07) is 21.7. The lowest BCUT2D eigenvalue weighted by Crippen LogP contribution is -2.02. The van der Waals surface area contributed by atoms with Crippen molar-refractivity contribution in [3.8, 4) is 5.75 Å². The van der Waals surface area contributed by atoms with E-state index in [0.717, 1.165) is 44.2 Å². The third-order valence-electron chi connectivity index (χ3n) is 4.76. The molecule has 0 bridgehead atoms. The number of hydrogen-bond acceptors (Lipinski definition) is 3. The molecule has 0 saturated carbocycles. The predicted octanol–water partition coefficient (Wildman–Crippen LogP) is 4.90. The largest absolute Gasteiger partial charge is 0.487 e. The van der Waals surface area contributed by atoms with E-state index in [2.05, 4.69) is 11.1 Å². The number of aliphatic carboxylic acids is 1. The van der Waals surface area contributed by atoms with Crippen molar-refractivity contribution in [2.24, 2.45) is 0 Å². The summed E-state index contributed by atoms with van der Waals surface area (Å²) >= 11 is 0. The average molecular weight is 357 g/mol. The first-order valence-electron chi connectivity index (χ1n) is 8.82. The van der Waals surface area contributed by atoms with Gasteiger partial charge in [0.05, 0.1) is 17.6 Å². The SMILES string of the molecule is Cc1c(CC(=O)O)ccc2cc(OCc3ccc4ccccc4n3)ccc12. The van der Waals surface area contributed by atoms with Crippen LogP contribution in [0, 0.1) is 6.92 Å². The van der Waals surface area contributed by atoms with E-state index >= 15 is 0 Å². The molecule has 0 unspecified atom stereocenters. The van der Waals surface area contributed by atoms with Crippen molar-refractivity contribution in [3.05, 3.63) is 83.6 Å². The molecule has 4 aromatic rings. The highest BCUT2D eigenvalue weighted by atomic mass is 16.5. The summed E-state index contributed by atoms with van der Waals surface area (Å²) in [6.07, 6.45) is 0.0354. The molecular formula is C23H19NO3. The van der Waals surface area contributed by atoms with Crippen molar-refractivity contribution in [3.63, 3.8) is 0 Å². The summed E-state index contributed by atoms with van der Waals surface area (Å²) in [6.45, 7) is 2.35. The van der Waals surface area contributed by atoms with Crippen LogP contribution in [0.2, 0.25) is 0 Å². The summed E-state index contributed by atoms with van der Waals surface area (Å²) in [7, 11) is 0. The molecular weight excluding hydrogens is 338 g/mol. The fraction of sp³-hybridized carbons (Fsp3) is 0.130. The van der Waals surface area contributed by atoms with E-state index in [-0.39, 0.29) is 6.42 Å². The molecule has 27 heavy (non-hydrogen) atoms. The molecule has 1 N–H and O–H groups in total. The molecule has 0 radical (unpaired) electrons. The van der Waals surface area contributed by atoms with Gasteiger partial charge in [-0.2, -0.15) is 0 Å². The molecule has 0 atom stereocenters. The van der Waals surface area contributed by atoms with Crippen LogP contribution in [0.25, 0.3) is 21.7 Å². The summed E-state index contributed by atoms with van der Waals surface area (Å²) in [4.78, 5) is 15.6. The molecule has 0 amide bonds. The van der Waals surface area contributed by atoms with Gasteiger partial charge in [0.2, 0.25) is 0 Å². The minimum absolute atomic E-state index is 0.0354. The van der Waals surface area contributed by atoms with Crippen LogP contribution in [-0.4, -0.2) is 16.1 Å². The highest BCUT2D eigenvalue weighted by Crippen LogP contribution is 2.27. The second-order valence-electron chi connectivity index (χ2n) is 6.59. The van der Waals surface area contributed by atoms with Gasteiger partial charge in [0.15, 0.2) is 0 Å². The number of aryl methyl sites for hydroxylation is 1. The van der Waals surface area contributed by atoms with Crippen molar-refractivity contribution in [1.82, 2.24) is 4.98 Å². The van der Waals surface area contributed by atoms with E-state index < -0.39 is 5.97 Å². The first-order chi connectivity index (χ1) is 13.1. The molecule has 134 valence electrons. The Hall–Kier alpha value is -3.40. The third kappa shape index (κ3) is 3.60. The Labute approximate surface area is 157 Å². The lowest BCUT2D eigenvalue weighted by Gasteiger charge is -2.11. The van der Waals surface area contributed by atoms with Crippen LogP contribution in [-0.2, 0) is 17.8 Å². The predicted molar refractivity (Wildman–Crippen MR) is 106 cm³/mol. The zero-order valence-corrected chi connectivity index (χ0v) is 15.0. The number of benzene rings is 3. The molecule has 4 rings (SSSR count). The molecule has 0 aliphatic carbocycles. The maximum absolute atomic E-state index is 11.0. The highest BCUT2D eigenvalue weighted by Gasteiger charge is 2.08. The molecule has 4 heteroatoms. The fourth-order valence-electron chi connectivity index (χ4n) is 3.30. The molecule has 0 saturated heterocycles. The van der Waals surface area contributed by atoms with E-state index in [1.54, 1.807) is 0 Å². The van der Waals surface area contributed by atoms with Crippen molar-refractivity contribution >= 4 is 27.6 Å². The van der Waals surface area contributed by atoms with Crippen LogP contribution in [0.1, 0.15) is 16.8 Å². The molecule has 0 aliphatic heterocycles. The molecule has 0 fully saturated rings. The van der Waals surface area contributed by atoms with Gasteiger partial charge in [0.1, 0.15) is 12.4 Å². The van der Waals surface area contributed by atoms with Crippen LogP contribution in [0.4, 0.5) is 0 Å². The van der Waals surface area contributed by atoms with Crippen molar-refractivity contribution < 1.29 is 14.6 Å². The van der Waals surface area contributed by atoms with E-state index in [0.29, 0.717) is 6.61 Å². The van der Waals surface area contributed by atoms with Crippen LogP contribution in [0.15, 0.2) is 66.7 Å². The molecule has 3 aromatic carbocycles. The Morgan fingerprint density at radius 3 is 2.67 bits per heavy atom. The quantitative estimate of drug-likeness (QED) is 0.552. The maximum Gasteiger partial charge on any atom is 0.307 e. The van der Waals surface area contributed by atoms with Gasteiger partial charge in [0, 0.05) is 5.39 Å². The molecule has 0 aliphatic rings. The van der Waals surface area contributed by atoms with E-state index in [9.17, 15) is 4.79 Å². The lowest BCUT2D eigenvalue weighted by atomic mass is 9.98. The van der Waals surface area contributed by atoms with Crippen molar-refractivity contribution in [2.75, 3.05) is 0 Å². The number of hydrogen-bond donors (Lipinski definition) is 1. The Balaban J connectivity index is 1.55. The second-order valence-corrected chi connectivity index (χ2v) is 6.59. The van der Waals surface area contributed by atoms with Gasteiger partial charge in [-0.1, -0.05) is 42.5 Å². The van der Waals surface area contributed by atoms with Crippen LogP contribution < -0.4 is 4.74 Å². The highest BCUT2D eigenvalue weighted by molar-refractivity contribution is 5.89. The van der Waals surface area contributed by atoms with E-state index in [1.165, 1.54) is 0 Å². The zero-order valence-electron chi connectivity index (χ0n) is 15.0. The molecule has 1 heterocycles. The third-order valence-corrected chi connectivity index (χ3v) is 4.76. The second kappa shape index (κ2) is 7.08. The summed E-state index contributed by atoms with van der Waals surface area (Å²) in [5.41, 5.74) is 3.67. The van der Waals surface area contributed by atoms with Gasteiger partial charge in [-0.25, -0.2) is 4.98 Å². The van der Waals surface area contributed by atoms with E-state index in [1.807, 2.05) is 67.6 Å². The van der Waals surface area contributed by atoms with Gasteiger partial charge >= 0.3 is 5.97 Å². The molecule has 1 aromatic heterocycles. The minimum Gasteiger partial charge on any atom is -0.487 e. The number of para-hydroxylation sites is 1. The smallest absolute Gasteiger partial charge is 0.307 e. The van der Waals surface area contributed by atoms with Gasteiger partial charge < -0.3 is 9.84 Å². The van der Waals surface area contributed by atoms with Gasteiger partial charge in [-0.15, -0.1) is 0 Å². The van der Waals surface area contributed by atoms with Crippen molar-refractivity contribution in [1.29, 1.82) is 0 Å². The van der Waals surface area contributed by atoms with Gasteiger partial charge in [0.25, 0.3) is 0 Å². The number of pyridine rings is 1. The Kier molecular flexibility index (Phi) is 4.47. The number of nitrogens with zero attached hydrogens (tertiary/aromatic N) is 1. The number of ether oxygens (including phenoxy) is 1. The Bertz CT molecular complexity index is 1150. The number of aromatic nitrogens is 1. The van der Waals surface area contributed by atoms with E-state index in [4.69, 9.17) is 9.84 Å². The van der Waals surface area contributed by atoms with Gasteiger partial charge in [-0.05, 0) is 53.1 Å².